The van der Waals surface area contributed by atoms with Gasteiger partial charge < -0.3 is 14.8 Å². The standard InChI is InChI=1S/C11H15N3O/c1-8(12-2)5-11-13-7-9-6-10(15)3-4-14(9)11/h3-4,6-8,12,15H,5H2,1-2H3. The van der Waals surface area contributed by atoms with Crippen LogP contribution in [0.25, 0.3) is 5.52 Å². The summed E-state index contributed by atoms with van der Waals surface area (Å²) in [5.41, 5.74) is 0.924. The van der Waals surface area contributed by atoms with Gasteiger partial charge in [0.25, 0.3) is 0 Å². The summed E-state index contributed by atoms with van der Waals surface area (Å²) in [5, 5.41) is 12.5. The van der Waals surface area contributed by atoms with Crippen molar-refractivity contribution in [3.63, 3.8) is 0 Å². The van der Waals surface area contributed by atoms with E-state index in [0.717, 1.165) is 17.8 Å². The van der Waals surface area contributed by atoms with Crippen molar-refractivity contribution < 1.29 is 5.11 Å². The van der Waals surface area contributed by atoms with Gasteiger partial charge in [-0.2, -0.15) is 0 Å². The molecule has 0 aliphatic heterocycles. The van der Waals surface area contributed by atoms with Gasteiger partial charge in [0.05, 0.1) is 11.7 Å². The van der Waals surface area contributed by atoms with E-state index >= 15 is 0 Å². The summed E-state index contributed by atoms with van der Waals surface area (Å²) in [7, 11) is 1.94. The van der Waals surface area contributed by atoms with Crippen molar-refractivity contribution in [1.29, 1.82) is 0 Å². The molecular weight excluding hydrogens is 190 g/mol. The SMILES string of the molecule is CNC(C)Cc1ncc2cc(O)ccn12. The average Bonchev–Trinajstić information content (AvgIpc) is 2.60. The molecule has 4 nitrogen and oxygen atoms in total. The predicted molar refractivity (Wildman–Crippen MR) is 59.1 cm³/mol. The van der Waals surface area contributed by atoms with Crippen LogP contribution in [0.3, 0.4) is 0 Å². The van der Waals surface area contributed by atoms with Crippen LogP contribution >= 0.6 is 0 Å². The van der Waals surface area contributed by atoms with Gasteiger partial charge in [-0.15, -0.1) is 0 Å². The highest BCUT2D eigenvalue weighted by molar-refractivity contribution is 5.50. The quantitative estimate of drug-likeness (QED) is 0.791. The molecule has 0 radical (unpaired) electrons. The van der Waals surface area contributed by atoms with E-state index in [1.54, 1.807) is 18.3 Å². The molecule has 0 fully saturated rings. The minimum Gasteiger partial charge on any atom is -0.508 e. The molecule has 0 saturated carbocycles. The molecule has 0 saturated heterocycles. The highest BCUT2D eigenvalue weighted by Crippen LogP contribution is 2.14. The Morgan fingerprint density at radius 2 is 2.40 bits per heavy atom. The molecular formula is C11H15N3O. The van der Waals surface area contributed by atoms with Crippen LogP contribution in [-0.4, -0.2) is 27.6 Å². The van der Waals surface area contributed by atoms with Gasteiger partial charge in [-0.3, -0.25) is 0 Å². The monoisotopic (exact) mass is 205 g/mol. The van der Waals surface area contributed by atoms with Crippen molar-refractivity contribution in [3.05, 3.63) is 30.4 Å². The first-order valence-corrected chi connectivity index (χ1v) is 5.03. The van der Waals surface area contributed by atoms with Crippen LogP contribution in [0.2, 0.25) is 0 Å². The first kappa shape index (κ1) is 9.98. The Morgan fingerprint density at radius 1 is 1.60 bits per heavy atom. The van der Waals surface area contributed by atoms with Crippen LogP contribution in [-0.2, 0) is 6.42 Å². The molecule has 1 unspecified atom stereocenters. The summed E-state index contributed by atoms with van der Waals surface area (Å²) < 4.78 is 1.99. The molecule has 0 amide bonds. The summed E-state index contributed by atoms with van der Waals surface area (Å²) in [5.74, 6) is 1.28. The number of rotatable bonds is 3. The third-order valence-electron chi connectivity index (χ3n) is 2.57. The second-order valence-electron chi connectivity index (χ2n) is 3.75. The normalized spacial score (nSPS) is 13.2. The predicted octanol–water partition coefficient (Wildman–Crippen LogP) is 1.19. The Balaban J connectivity index is 2.36. The molecule has 0 spiro atoms. The third-order valence-corrected chi connectivity index (χ3v) is 2.57. The van der Waals surface area contributed by atoms with Gasteiger partial charge in [0.15, 0.2) is 0 Å². The molecule has 2 N–H and O–H groups in total. The van der Waals surface area contributed by atoms with Crippen LogP contribution in [0.5, 0.6) is 5.75 Å². The highest BCUT2D eigenvalue weighted by atomic mass is 16.3. The fraction of sp³-hybridized carbons (Fsp3) is 0.364. The van der Waals surface area contributed by atoms with Crippen molar-refractivity contribution >= 4 is 5.52 Å². The van der Waals surface area contributed by atoms with Gasteiger partial charge in [0.1, 0.15) is 11.6 Å². The van der Waals surface area contributed by atoms with Gasteiger partial charge in [-0.1, -0.05) is 0 Å². The number of nitrogens with one attached hydrogen (secondary N) is 1. The second-order valence-corrected chi connectivity index (χ2v) is 3.75. The van der Waals surface area contributed by atoms with E-state index < -0.39 is 0 Å². The van der Waals surface area contributed by atoms with Crippen LogP contribution in [0.15, 0.2) is 24.5 Å². The number of fused-ring (bicyclic) bond motifs is 1. The molecule has 2 aromatic rings. The average molecular weight is 205 g/mol. The fourth-order valence-electron chi connectivity index (χ4n) is 1.57. The van der Waals surface area contributed by atoms with E-state index in [-0.39, 0.29) is 5.75 Å². The van der Waals surface area contributed by atoms with Crippen LogP contribution in [0.1, 0.15) is 12.7 Å². The Hall–Kier alpha value is -1.55. The van der Waals surface area contributed by atoms with Crippen LogP contribution < -0.4 is 5.32 Å². The van der Waals surface area contributed by atoms with Crippen molar-refractivity contribution in [1.82, 2.24) is 14.7 Å². The lowest BCUT2D eigenvalue weighted by Crippen LogP contribution is -2.24. The molecule has 0 aliphatic rings. The van der Waals surface area contributed by atoms with Gasteiger partial charge in [0.2, 0.25) is 0 Å². The maximum Gasteiger partial charge on any atom is 0.119 e. The number of aromatic hydroxyl groups is 1. The summed E-state index contributed by atoms with van der Waals surface area (Å²) in [6.45, 7) is 2.11. The third kappa shape index (κ3) is 1.94. The van der Waals surface area contributed by atoms with E-state index in [4.69, 9.17) is 0 Å². The number of aromatic nitrogens is 2. The highest BCUT2D eigenvalue weighted by Gasteiger charge is 2.07. The zero-order valence-corrected chi connectivity index (χ0v) is 8.94. The van der Waals surface area contributed by atoms with Crippen molar-refractivity contribution in [2.45, 2.75) is 19.4 Å². The molecule has 80 valence electrons. The van der Waals surface area contributed by atoms with Crippen LogP contribution in [0.4, 0.5) is 0 Å². The number of likely N-dealkylation sites (N-methyl/N-ethyl adjacent to an activating group) is 1. The van der Waals surface area contributed by atoms with E-state index in [0.29, 0.717) is 6.04 Å². The smallest absolute Gasteiger partial charge is 0.119 e. The number of hydrogen-bond acceptors (Lipinski definition) is 3. The Bertz CT molecular complexity index is 464. The maximum absolute atomic E-state index is 9.31. The zero-order valence-electron chi connectivity index (χ0n) is 8.94. The lowest BCUT2D eigenvalue weighted by atomic mass is 10.2. The van der Waals surface area contributed by atoms with Crippen molar-refractivity contribution in [2.75, 3.05) is 7.05 Å². The minimum atomic E-state index is 0.274. The molecule has 2 rings (SSSR count). The molecule has 2 heterocycles. The second kappa shape index (κ2) is 3.90. The molecule has 2 aromatic heterocycles. The van der Waals surface area contributed by atoms with Crippen molar-refractivity contribution in [3.8, 4) is 5.75 Å². The van der Waals surface area contributed by atoms with E-state index in [9.17, 15) is 5.11 Å². The van der Waals surface area contributed by atoms with Gasteiger partial charge in [-0.25, -0.2) is 4.98 Å². The molecule has 4 heteroatoms. The van der Waals surface area contributed by atoms with E-state index in [1.165, 1.54) is 0 Å². The molecule has 1 atom stereocenters. The summed E-state index contributed by atoms with van der Waals surface area (Å²) in [6.07, 6.45) is 4.49. The Morgan fingerprint density at radius 3 is 3.13 bits per heavy atom. The number of imidazole rings is 1. The first-order valence-electron chi connectivity index (χ1n) is 5.03. The number of hydrogen-bond donors (Lipinski definition) is 2. The van der Waals surface area contributed by atoms with Crippen molar-refractivity contribution in [2.24, 2.45) is 0 Å². The molecule has 0 aromatic carbocycles. The molecule has 0 bridgehead atoms. The summed E-state index contributed by atoms with van der Waals surface area (Å²) >= 11 is 0. The maximum atomic E-state index is 9.31. The van der Waals surface area contributed by atoms with E-state index in [1.807, 2.05) is 17.6 Å². The minimum absolute atomic E-state index is 0.274. The van der Waals surface area contributed by atoms with Gasteiger partial charge in [0, 0.05) is 24.7 Å². The summed E-state index contributed by atoms with van der Waals surface area (Å²) in [4.78, 5) is 4.34. The Kier molecular flexibility index (Phi) is 2.60. The Labute approximate surface area is 88.6 Å². The fourth-order valence-corrected chi connectivity index (χ4v) is 1.57. The lowest BCUT2D eigenvalue weighted by molar-refractivity contribution is 0.475. The largest absolute Gasteiger partial charge is 0.508 e. The molecule has 0 aliphatic carbocycles. The van der Waals surface area contributed by atoms with Crippen LogP contribution in [0, 0.1) is 0 Å². The lowest BCUT2D eigenvalue weighted by Gasteiger charge is -2.08. The number of nitrogens with zero attached hydrogens (tertiary/aromatic N) is 2. The summed E-state index contributed by atoms with van der Waals surface area (Å²) in [6, 6.07) is 3.77. The van der Waals surface area contributed by atoms with E-state index in [2.05, 4.69) is 17.2 Å². The zero-order chi connectivity index (χ0) is 10.8. The van der Waals surface area contributed by atoms with Gasteiger partial charge in [-0.05, 0) is 20.0 Å². The molecule has 15 heavy (non-hydrogen) atoms. The topological polar surface area (TPSA) is 49.6 Å². The van der Waals surface area contributed by atoms with Gasteiger partial charge >= 0.3 is 0 Å². The number of pyridine rings is 1. The first-order chi connectivity index (χ1) is 7.20.